The van der Waals surface area contributed by atoms with Gasteiger partial charge in [0.25, 0.3) is 5.91 Å². The molecule has 0 atom stereocenters. The fraction of sp³-hybridized carbons (Fsp3) is 0.462. The van der Waals surface area contributed by atoms with E-state index in [1.807, 2.05) is 0 Å². The molecule has 1 aromatic carbocycles. The topological polar surface area (TPSA) is 29.1 Å². The Kier molecular flexibility index (Phi) is 3.52. The average Bonchev–Trinajstić information content (AvgIpc) is 2.27. The second-order valence-corrected chi connectivity index (χ2v) is 5.25. The zero-order valence-electron chi connectivity index (χ0n) is 9.72. The third-order valence-corrected chi connectivity index (χ3v) is 4.44. The van der Waals surface area contributed by atoms with Gasteiger partial charge in [0.2, 0.25) is 0 Å². The predicted molar refractivity (Wildman–Crippen MR) is 69.0 cm³/mol. The summed E-state index contributed by atoms with van der Waals surface area (Å²) in [4.78, 5) is 12.0. The van der Waals surface area contributed by atoms with Crippen LogP contribution in [-0.4, -0.2) is 16.8 Å². The van der Waals surface area contributed by atoms with E-state index in [2.05, 4.69) is 21.2 Å². The van der Waals surface area contributed by atoms with E-state index in [9.17, 15) is 9.18 Å². The van der Waals surface area contributed by atoms with Crippen LogP contribution in [0.4, 0.5) is 4.39 Å². The Morgan fingerprint density at radius 3 is 2.71 bits per heavy atom. The molecule has 0 saturated heterocycles. The molecule has 1 fully saturated rings. The number of benzene rings is 1. The Hall–Kier alpha value is -0.900. The maximum absolute atomic E-state index is 13.1. The lowest BCUT2D eigenvalue weighted by Gasteiger charge is -2.41. The maximum atomic E-state index is 13.1. The van der Waals surface area contributed by atoms with Gasteiger partial charge in [-0.2, -0.15) is 0 Å². The van der Waals surface area contributed by atoms with Gasteiger partial charge < -0.3 is 5.32 Å². The molecule has 0 unspecified atom stereocenters. The molecule has 1 N–H and O–H groups in total. The molecule has 0 aliphatic heterocycles. The largest absolute Gasteiger partial charge is 0.346 e. The SMILES string of the molecule is Cc1cc(C(=O)NC2(CBr)CCC2)ccc1F. The number of aryl methyl sites for hydroxylation is 1. The van der Waals surface area contributed by atoms with Gasteiger partial charge in [-0.25, -0.2) is 4.39 Å². The molecule has 0 radical (unpaired) electrons. The number of carbonyl (C=O) groups excluding carboxylic acids is 1. The molecule has 0 aromatic heterocycles. The minimum absolute atomic E-state index is 0.0978. The summed E-state index contributed by atoms with van der Waals surface area (Å²) in [6.07, 6.45) is 3.16. The molecule has 0 heterocycles. The van der Waals surface area contributed by atoms with Crippen LogP contribution in [0.1, 0.15) is 35.2 Å². The van der Waals surface area contributed by atoms with Crippen LogP contribution in [0.15, 0.2) is 18.2 Å². The zero-order chi connectivity index (χ0) is 12.5. The van der Waals surface area contributed by atoms with Crippen LogP contribution < -0.4 is 5.32 Å². The molecule has 2 rings (SSSR count). The summed E-state index contributed by atoms with van der Waals surface area (Å²) >= 11 is 3.44. The van der Waals surface area contributed by atoms with E-state index >= 15 is 0 Å². The van der Waals surface area contributed by atoms with Crippen LogP contribution in [-0.2, 0) is 0 Å². The summed E-state index contributed by atoms with van der Waals surface area (Å²) < 4.78 is 13.1. The number of alkyl halides is 1. The van der Waals surface area contributed by atoms with Crippen molar-refractivity contribution >= 4 is 21.8 Å². The lowest BCUT2D eigenvalue weighted by molar-refractivity contribution is 0.0856. The summed E-state index contributed by atoms with van der Waals surface area (Å²) in [6.45, 7) is 1.66. The molecule has 1 aromatic rings. The molecule has 4 heteroatoms. The minimum atomic E-state index is -0.277. The molecule has 1 aliphatic carbocycles. The number of halogens is 2. The van der Waals surface area contributed by atoms with Gasteiger partial charge in [-0.15, -0.1) is 0 Å². The third-order valence-electron chi connectivity index (χ3n) is 3.37. The Morgan fingerprint density at radius 1 is 1.53 bits per heavy atom. The molecule has 0 bridgehead atoms. The van der Waals surface area contributed by atoms with Crippen LogP contribution in [0.25, 0.3) is 0 Å². The first kappa shape index (κ1) is 12.6. The number of amides is 1. The van der Waals surface area contributed by atoms with Crippen molar-refractivity contribution in [2.24, 2.45) is 0 Å². The fourth-order valence-corrected chi connectivity index (χ4v) is 2.70. The van der Waals surface area contributed by atoms with Gasteiger partial charge in [-0.05, 0) is 49.9 Å². The molecule has 2 nitrogen and oxygen atoms in total. The second-order valence-electron chi connectivity index (χ2n) is 4.69. The number of hydrogen-bond donors (Lipinski definition) is 1. The number of carbonyl (C=O) groups is 1. The van der Waals surface area contributed by atoms with Gasteiger partial charge in [0.05, 0.1) is 5.54 Å². The van der Waals surface area contributed by atoms with Crippen LogP contribution in [0.2, 0.25) is 0 Å². The van der Waals surface area contributed by atoms with E-state index in [0.29, 0.717) is 11.1 Å². The predicted octanol–water partition coefficient (Wildman–Crippen LogP) is 3.18. The lowest BCUT2D eigenvalue weighted by atomic mass is 9.78. The van der Waals surface area contributed by atoms with E-state index in [-0.39, 0.29) is 17.3 Å². The Morgan fingerprint density at radius 2 is 2.24 bits per heavy atom. The standard InChI is InChI=1S/C13H15BrFNO/c1-9-7-10(3-4-11(9)15)12(17)16-13(8-14)5-2-6-13/h3-4,7H,2,5-6,8H2,1H3,(H,16,17). The fourth-order valence-electron chi connectivity index (χ4n) is 1.99. The van der Waals surface area contributed by atoms with Crippen LogP contribution in [0.5, 0.6) is 0 Å². The van der Waals surface area contributed by atoms with Gasteiger partial charge in [0.15, 0.2) is 0 Å². The summed E-state index contributed by atoms with van der Waals surface area (Å²) in [5.41, 5.74) is 0.926. The van der Waals surface area contributed by atoms with Crippen molar-refractivity contribution in [3.63, 3.8) is 0 Å². The molecular weight excluding hydrogens is 285 g/mol. The van der Waals surface area contributed by atoms with E-state index in [4.69, 9.17) is 0 Å². The first-order valence-corrected chi connectivity index (χ1v) is 6.83. The molecule has 92 valence electrons. The van der Waals surface area contributed by atoms with Crippen molar-refractivity contribution < 1.29 is 9.18 Å². The van der Waals surface area contributed by atoms with Crippen molar-refractivity contribution in [2.75, 3.05) is 5.33 Å². The second kappa shape index (κ2) is 4.77. The van der Waals surface area contributed by atoms with Crippen molar-refractivity contribution in [1.29, 1.82) is 0 Å². The summed E-state index contributed by atoms with van der Waals surface area (Å²) in [5.74, 6) is -0.396. The molecule has 1 aliphatic rings. The highest BCUT2D eigenvalue weighted by molar-refractivity contribution is 9.09. The van der Waals surface area contributed by atoms with Gasteiger partial charge in [0.1, 0.15) is 5.82 Å². The molecular formula is C13H15BrFNO. The third kappa shape index (κ3) is 2.51. The first-order valence-electron chi connectivity index (χ1n) is 5.71. The van der Waals surface area contributed by atoms with Crippen molar-refractivity contribution in [3.8, 4) is 0 Å². The number of nitrogens with one attached hydrogen (secondary N) is 1. The summed E-state index contributed by atoms with van der Waals surface area (Å²) in [6, 6.07) is 4.45. The average molecular weight is 300 g/mol. The van der Waals surface area contributed by atoms with E-state index in [0.717, 1.165) is 24.6 Å². The molecule has 0 spiro atoms. The highest BCUT2D eigenvalue weighted by Crippen LogP contribution is 2.33. The summed E-state index contributed by atoms with van der Waals surface area (Å²) in [7, 11) is 0. The van der Waals surface area contributed by atoms with Crippen molar-refractivity contribution in [2.45, 2.75) is 31.7 Å². The normalized spacial score (nSPS) is 17.4. The highest BCUT2D eigenvalue weighted by Gasteiger charge is 2.37. The van der Waals surface area contributed by atoms with E-state index in [1.54, 1.807) is 13.0 Å². The van der Waals surface area contributed by atoms with Gasteiger partial charge in [-0.3, -0.25) is 4.79 Å². The number of hydrogen-bond acceptors (Lipinski definition) is 1. The van der Waals surface area contributed by atoms with Crippen LogP contribution in [0.3, 0.4) is 0 Å². The van der Waals surface area contributed by atoms with E-state index < -0.39 is 0 Å². The smallest absolute Gasteiger partial charge is 0.251 e. The lowest BCUT2D eigenvalue weighted by Crippen LogP contribution is -2.54. The molecule has 1 saturated carbocycles. The van der Waals surface area contributed by atoms with E-state index in [1.165, 1.54) is 12.1 Å². The minimum Gasteiger partial charge on any atom is -0.346 e. The monoisotopic (exact) mass is 299 g/mol. The van der Waals surface area contributed by atoms with Gasteiger partial charge >= 0.3 is 0 Å². The molecule has 17 heavy (non-hydrogen) atoms. The Bertz CT molecular complexity index is 438. The summed E-state index contributed by atoms with van der Waals surface area (Å²) in [5, 5.41) is 3.80. The maximum Gasteiger partial charge on any atom is 0.251 e. The van der Waals surface area contributed by atoms with Crippen LogP contribution >= 0.6 is 15.9 Å². The molecule has 1 amide bonds. The zero-order valence-corrected chi connectivity index (χ0v) is 11.3. The Balaban J connectivity index is 2.11. The van der Waals surface area contributed by atoms with Gasteiger partial charge in [0, 0.05) is 10.9 Å². The quantitative estimate of drug-likeness (QED) is 0.854. The van der Waals surface area contributed by atoms with Crippen molar-refractivity contribution in [1.82, 2.24) is 5.32 Å². The van der Waals surface area contributed by atoms with Gasteiger partial charge in [-0.1, -0.05) is 15.9 Å². The number of rotatable bonds is 3. The van der Waals surface area contributed by atoms with Crippen molar-refractivity contribution in [3.05, 3.63) is 35.1 Å². The highest BCUT2D eigenvalue weighted by atomic mass is 79.9. The van der Waals surface area contributed by atoms with Crippen LogP contribution in [0, 0.1) is 12.7 Å². The first-order chi connectivity index (χ1) is 8.06. The Labute approximate surface area is 109 Å².